The second-order valence-corrected chi connectivity index (χ2v) is 5.74. The normalized spacial score (nSPS) is 17.0. The monoisotopic (exact) mass is 289 g/mol. The van der Waals surface area contributed by atoms with E-state index in [0.717, 1.165) is 25.7 Å². The van der Waals surface area contributed by atoms with E-state index in [1.807, 2.05) is 30.3 Å². The molecule has 1 saturated carbocycles. The number of nitrogens with one attached hydrogen (secondary N) is 1. The van der Waals surface area contributed by atoms with Gasteiger partial charge >= 0.3 is 5.97 Å². The molecule has 0 atom stereocenters. The maximum atomic E-state index is 12.4. The van der Waals surface area contributed by atoms with Crippen LogP contribution in [0.25, 0.3) is 0 Å². The number of hydrogen-bond acceptors (Lipinski definition) is 3. The smallest absolute Gasteiger partial charge is 0.305 e. The van der Waals surface area contributed by atoms with Crippen LogP contribution in [0, 0.1) is 0 Å². The Kier molecular flexibility index (Phi) is 5.37. The number of carbonyl (C=O) groups excluding carboxylic acids is 2. The molecule has 0 saturated heterocycles. The first-order valence-electron chi connectivity index (χ1n) is 7.60. The van der Waals surface area contributed by atoms with Gasteiger partial charge in [0.05, 0.1) is 7.11 Å². The van der Waals surface area contributed by atoms with E-state index in [2.05, 4.69) is 5.32 Å². The molecule has 1 N–H and O–H groups in total. The van der Waals surface area contributed by atoms with Gasteiger partial charge in [0.15, 0.2) is 0 Å². The van der Waals surface area contributed by atoms with Gasteiger partial charge in [-0.25, -0.2) is 0 Å². The highest BCUT2D eigenvalue weighted by molar-refractivity contribution is 5.94. The molecule has 0 spiro atoms. The molecule has 1 amide bonds. The minimum absolute atomic E-state index is 0.0534. The summed E-state index contributed by atoms with van der Waals surface area (Å²) < 4.78 is 4.72. The minimum Gasteiger partial charge on any atom is -0.469 e. The Morgan fingerprint density at radius 2 is 1.81 bits per heavy atom. The van der Waals surface area contributed by atoms with E-state index >= 15 is 0 Å². The van der Waals surface area contributed by atoms with Crippen LogP contribution in [0.3, 0.4) is 0 Å². The van der Waals surface area contributed by atoms with E-state index in [9.17, 15) is 9.59 Å². The first-order valence-corrected chi connectivity index (χ1v) is 7.60. The van der Waals surface area contributed by atoms with Crippen LogP contribution >= 0.6 is 0 Å². The zero-order chi connectivity index (χ0) is 15.1. The molecule has 0 aliphatic heterocycles. The third-order valence-corrected chi connectivity index (χ3v) is 4.26. The van der Waals surface area contributed by atoms with Crippen LogP contribution in [0.2, 0.25) is 0 Å². The van der Waals surface area contributed by atoms with Crippen LogP contribution in [0.5, 0.6) is 0 Å². The molecule has 1 aliphatic carbocycles. The van der Waals surface area contributed by atoms with Crippen molar-refractivity contribution < 1.29 is 14.3 Å². The zero-order valence-electron chi connectivity index (χ0n) is 12.6. The van der Waals surface area contributed by atoms with Gasteiger partial charge in [-0.2, -0.15) is 0 Å². The van der Waals surface area contributed by atoms with Gasteiger partial charge in [-0.15, -0.1) is 0 Å². The number of amides is 1. The van der Waals surface area contributed by atoms with E-state index in [1.54, 1.807) is 0 Å². The SMILES string of the molecule is COC(=O)CCC1(NC(=O)c2ccccc2)CCCCC1. The Labute approximate surface area is 125 Å². The molecule has 21 heavy (non-hydrogen) atoms. The highest BCUT2D eigenvalue weighted by atomic mass is 16.5. The Morgan fingerprint density at radius 3 is 2.43 bits per heavy atom. The average Bonchev–Trinajstić information content (AvgIpc) is 2.54. The molecule has 4 heteroatoms. The molecule has 1 aromatic carbocycles. The Bertz CT molecular complexity index is 478. The zero-order valence-corrected chi connectivity index (χ0v) is 12.6. The van der Waals surface area contributed by atoms with Gasteiger partial charge in [-0.1, -0.05) is 37.5 Å². The molecule has 0 unspecified atom stereocenters. The van der Waals surface area contributed by atoms with Gasteiger partial charge in [0, 0.05) is 17.5 Å². The van der Waals surface area contributed by atoms with Crippen LogP contribution < -0.4 is 5.32 Å². The van der Waals surface area contributed by atoms with Gasteiger partial charge in [-0.3, -0.25) is 9.59 Å². The number of carbonyl (C=O) groups is 2. The van der Waals surface area contributed by atoms with Crippen molar-refractivity contribution in [3.05, 3.63) is 35.9 Å². The summed E-state index contributed by atoms with van der Waals surface area (Å²) in [7, 11) is 1.40. The Balaban J connectivity index is 2.05. The highest BCUT2D eigenvalue weighted by Gasteiger charge is 2.34. The number of methoxy groups -OCH3 is 1. The predicted molar refractivity (Wildman–Crippen MR) is 81.0 cm³/mol. The van der Waals surface area contributed by atoms with Crippen LogP contribution in [0.1, 0.15) is 55.3 Å². The minimum atomic E-state index is -0.265. The average molecular weight is 289 g/mol. The first-order chi connectivity index (χ1) is 10.2. The number of hydrogen-bond donors (Lipinski definition) is 1. The summed E-state index contributed by atoms with van der Waals surface area (Å²) in [5.41, 5.74) is 0.403. The maximum Gasteiger partial charge on any atom is 0.305 e. The number of benzene rings is 1. The number of rotatable bonds is 5. The second-order valence-electron chi connectivity index (χ2n) is 5.74. The summed E-state index contributed by atoms with van der Waals surface area (Å²) in [6.45, 7) is 0. The molecule has 1 fully saturated rings. The van der Waals surface area contributed by atoms with Crippen molar-refractivity contribution in [3.63, 3.8) is 0 Å². The van der Waals surface area contributed by atoms with Crippen LogP contribution in [-0.2, 0) is 9.53 Å². The van der Waals surface area contributed by atoms with Crippen molar-refractivity contribution in [2.75, 3.05) is 7.11 Å². The first kappa shape index (κ1) is 15.5. The fourth-order valence-corrected chi connectivity index (χ4v) is 3.01. The molecule has 4 nitrogen and oxygen atoms in total. The fraction of sp³-hybridized carbons (Fsp3) is 0.529. The molecular formula is C17H23NO3. The molecule has 0 bridgehead atoms. The summed E-state index contributed by atoms with van der Waals surface area (Å²) in [5.74, 6) is -0.267. The lowest BCUT2D eigenvalue weighted by molar-refractivity contribution is -0.141. The molecular weight excluding hydrogens is 266 g/mol. The largest absolute Gasteiger partial charge is 0.469 e. The molecule has 0 heterocycles. The summed E-state index contributed by atoms with van der Waals surface area (Å²) in [5, 5.41) is 3.18. The molecule has 1 aliphatic rings. The lowest BCUT2D eigenvalue weighted by Crippen LogP contribution is -2.50. The van der Waals surface area contributed by atoms with Crippen molar-refractivity contribution in [2.24, 2.45) is 0 Å². The van der Waals surface area contributed by atoms with Gasteiger partial charge < -0.3 is 10.1 Å². The Morgan fingerprint density at radius 1 is 1.14 bits per heavy atom. The standard InChI is InChI=1S/C17H23NO3/c1-21-15(19)10-13-17(11-6-3-7-12-17)18-16(20)14-8-4-2-5-9-14/h2,4-5,8-9H,3,6-7,10-13H2,1H3,(H,18,20). The van der Waals surface area contributed by atoms with Gasteiger partial charge in [0.2, 0.25) is 0 Å². The lowest BCUT2D eigenvalue weighted by atomic mass is 9.78. The van der Waals surface area contributed by atoms with Crippen LogP contribution in [0.4, 0.5) is 0 Å². The van der Waals surface area contributed by atoms with E-state index in [4.69, 9.17) is 4.74 Å². The van der Waals surface area contributed by atoms with E-state index in [-0.39, 0.29) is 17.4 Å². The van der Waals surface area contributed by atoms with Gasteiger partial charge in [-0.05, 0) is 31.4 Å². The van der Waals surface area contributed by atoms with Crippen molar-refractivity contribution in [3.8, 4) is 0 Å². The quantitative estimate of drug-likeness (QED) is 0.848. The van der Waals surface area contributed by atoms with Crippen molar-refractivity contribution in [1.82, 2.24) is 5.32 Å². The van der Waals surface area contributed by atoms with Gasteiger partial charge in [0.25, 0.3) is 5.91 Å². The molecule has 0 radical (unpaired) electrons. The number of esters is 1. The molecule has 2 rings (SSSR count). The predicted octanol–water partition coefficient (Wildman–Crippen LogP) is 3.07. The lowest BCUT2D eigenvalue weighted by Gasteiger charge is -2.38. The third-order valence-electron chi connectivity index (χ3n) is 4.26. The van der Waals surface area contributed by atoms with E-state index in [1.165, 1.54) is 13.5 Å². The summed E-state index contributed by atoms with van der Waals surface area (Å²) in [6.07, 6.45) is 6.25. The van der Waals surface area contributed by atoms with Crippen molar-refractivity contribution >= 4 is 11.9 Å². The summed E-state index contributed by atoms with van der Waals surface area (Å²) in [6, 6.07) is 9.23. The summed E-state index contributed by atoms with van der Waals surface area (Å²) in [4.78, 5) is 23.8. The van der Waals surface area contributed by atoms with E-state index in [0.29, 0.717) is 18.4 Å². The van der Waals surface area contributed by atoms with Crippen molar-refractivity contribution in [2.45, 2.75) is 50.5 Å². The van der Waals surface area contributed by atoms with Crippen LogP contribution in [-0.4, -0.2) is 24.5 Å². The summed E-state index contributed by atoms with van der Waals surface area (Å²) >= 11 is 0. The third kappa shape index (κ3) is 4.31. The van der Waals surface area contributed by atoms with Gasteiger partial charge in [0.1, 0.15) is 0 Å². The highest BCUT2D eigenvalue weighted by Crippen LogP contribution is 2.32. The van der Waals surface area contributed by atoms with E-state index < -0.39 is 0 Å². The maximum absolute atomic E-state index is 12.4. The molecule has 114 valence electrons. The van der Waals surface area contributed by atoms with Crippen molar-refractivity contribution in [1.29, 1.82) is 0 Å². The topological polar surface area (TPSA) is 55.4 Å². The second kappa shape index (κ2) is 7.25. The van der Waals surface area contributed by atoms with Crippen LogP contribution in [0.15, 0.2) is 30.3 Å². The fourth-order valence-electron chi connectivity index (χ4n) is 3.01. The molecule has 0 aromatic heterocycles. The molecule has 1 aromatic rings. The number of ether oxygens (including phenoxy) is 1. The Hall–Kier alpha value is -1.84.